The second kappa shape index (κ2) is 10.1. The Labute approximate surface area is 234 Å². The maximum atomic E-state index is 14.1. The zero-order valence-corrected chi connectivity index (χ0v) is 24.2. The van der Waals surface area contributed by atoms with Gasteiger partial charge in [-0.05, 0) is 60.1 Å². The van der Waals surface area contributed by atoms with Crippen molar-refractivity contribution in [2.75, 3.05) is 0 Å². The largest absolute Gasteiger partial charge is 0.507 e. The van der Waals surface area contributed by atoms with E-state index in [1.54, 1.807) is 13.0 Å². The first kappa shape index (κ1) is 30.0. The van der Waals surface area contributed by atoms with Gasteiger partial charge in [-0.1, -0.05) is 53.5 Å². The minimum absolute atomic E-state index is 0.0794. The second-order valence-corrected chi connectivity index (χ2v) is 13.6. The van der Waals surface area contributed by atoms with Gasteiger partial charge < -0.3 is 26.2 Å². The summed E-state index contributed by atoms with van der Waals surface area (Å²) >= 11 is 6.64. The Morgan fingerprint density at radius 2 is 1.85 bits per heavy atom. The van der Waals surface area contributed by atoms with Crippen molar-refractivity contribution in [2.45, 2.75) is 96.3 Å². The van der Waals surface area contributed by atoms with Crippen LogP contribution in [0.3, 0.4) is 0 Å². The van der Waals surface area contributed by atoms with Crippen LogP contribution in [-0.4, -0.2) is 61.1 Å². The maximum Gasteiger partial charge on any atom is 0.230 e. The minimum atomic E-state index is -2.51. The average Bonchev–Trinajstić information content (AvgIpc) is 2.81. The summed E-state index contributed by atoms with van der Waals surface area (Å²) in [4.78, 5) is 40.2. The van der Waals surface area contributed by atoms with Gasteiger partial charge in [-0.15, -0.1) is 11.6 Å². The molecule has 8 nitrogen and oxygen atoms in total. The number of phenolic OH excluding ortho intramolecular Hbond substituents is 1. The normalized spacial score (nSPS) is 38.7. The molecule has 3 aliphatic carbocycles. The summed E-state index contributed by atoms with van der Waals surface area (Å²) in [5.41, 5.74) is 2.30. The number of phenols is 1. The van der Waals surface area contributed by atoms with Crippen LogP contribution < -0.4 is 5.73 Å². The number of alkyl halides is 1. The molecule has 1 amide bonds. The van der Waals surface area contributed by atoms with E-state index in [2.05, 4.69) is 6.92 Å². The van der Waals surface area contributed by atoms with E-state index in [1.165, 1.54) is 6.07 Å². The van der Waals surface area contributed by atoms with E-state index in [9.17, 15) is 34.8 Å². The topological polar surface area (TPSA) is 158 Å². The molecular weight excluding hydrogens is 522 g/mol. The number of aliphatic hydroxyl groups is 3. The predicted octanol–water partition coefficient (Wildman–Crippen LogP) is 2.91. The van der Waals surface area contributed by atoms with E-state index in [4.69, 9.17) is 17.3 Å². The monoisotopic (exact) mass is 563 g/mol. The molecule has 0 saturated heterocycles. The number of aromatic hydroxyl groups is 1. The lowest BCUT2D eigenvalue weighted by molar-refractivity contribution is -0.265. The SMILES string of the molecule is CCCCC(Cl)Cc1ccc(O)c2c1C[C@]1(C)C[C@]3(C)[C@@H](C(C)C)C(O)[C@@H](C(N)=O)C(=O)[C@]3(O)C(O)[C@H]1C2=O. The van der Waals surface area contributed by atoms with Gasteiger partial charge in [-0.3, -0.25) is 14.4 Å². The van der Waals surface area contributed by atoms with Gasteiger partial charge in [0.05, 0.1) is 17.6 Å². The molecule has 0 heterocycles. The molecule has 9 atom stereocenters. The molecule has 0 spiro atoms. The first-order valence-electron chi connectivity index (χ1n) is 14.0. The zero-order valence-electron chi connectivity index (χ0n) is 23.4. The molecule has 39 heavy (non-hydrogen) atoms. The number of primary amides is 1. The zero-order chi connectivity index (χ0) is 29.2. The van der Waals surface area contributed by atoms with Crippen LogP contribution >= 0.6 is 11.6 Å². The molecule has 2 saturated carbocycles. The molecule has 216 valence electrons. The lowest BCUT2D eigenvalue weighted by Gasteiger charge is -2.66. The lowest BCUT2D eigenvalue weighted by Crippen LogP contribution is -2.79. The third-order valence-corrected chi connectivity index (χ3v) is 10.4. The van der Waals surface area contributed by atoms with Crippen molar-refractivity contribution in [1.82, 2.24) is 0 Å². The van der Waals surface area contributed by atoms with E-state index >= 15 is 0 Å². The van der Waals surface area contributed by atoms with Crippen molar-refractivity contribution in [2.24, 2.45) is 40.2 Å². The maximum absolute atomic E-state index is 14.1. The quantitative estimate of drug-likeness (QED) is 0.252. The number of nitrogens with two attached hydrogens (primary N) is 1. The van der Waals surface area contributed by atoms with Crippen molar-refractivity contribution in [1.29, 1.82) is 0 Å². The smallest absolute Gasteiger partial charge is 0.230 e. The molecule has 2 fully saturated rings. The first-order chi connectivity index (χ1) is 18.1. The van der Waals surface area contributed by atoms with Gasteiger partial charge in [0.15, 0.2) is 17.2 Å². The van der Waals surface area contributed by atoms with Crippen LogP contribution in [0.1, 0.15) is 81.8 Å². The minimum Gasteiger partial charge on any atom is -0.507 e. The number of hydrogen-bond donors (Lipinski definition) is 5. The van der Waals surface area contributed by atoms with Gasteiger partial charge in [0, 0.05) is 10.8 Å². The van der Waals surface area contributed by atoms with E-state index < -0.39 is 63.9 Å². The van der Waals surface area contributed by atoms with Crippen LogP contribution in [0.15, 0.2) is 12.1 Å². The van der Waals surface area contributed by atoms with Crippen molar-refractivity contribution >= 4 is 29.1 Å². The van der Waals surface area contributed by atoms with Gasteiger partial charge in [0.2, 0.25) is 5.91 Å². The summed E-state index contributed by atoms with van der Waals surface area (Å²) in [6.07, 6.45) is 0.388. The predicted molar refractivity (Wildman–Crippen MR) is 146 cm³/mol. The Kier molecular flexibility index (Phi) is 7.78. The molecule has 0 bridgehead atoms. The summed E-state index contributed by atoms with van der Waals surface area (Å²) in [6.45, 7) is 9.24. The van der Waals surface area contributed by atoms with Gasteiger partial charge in [-0.2, -0.15) is 0 Å². The number of Topliss-reactive ketones (excluding diaryl/α,β-unsaturated/α-hetero) is 2. The Bertz CT molecular complexity index is 1190. The van der Waals surface area contributed by atoms with Crippen LogP contribution in [-0.2, 0) is 22.4 Å². The molecule has 6 N–H and O–H groups in total. The molecule has 0 radical (unpaired) electrons. The summed E-state index contributed by atoms with van der Waals surface area (Å²) < 4.78 is 0. The van der Waals surface area contributed by atoms with Crippen molar-refractivity contribution in [3.8, 4) is 5.75 Å². The molecule has 9 heteroatoms. The van der Waals surface area contributed by atoms with E-state index in [1.807, 2.05) is 20.8 Å². The van der Waals surface area contributed by atoms with Crippen LogP contribution in [0, 0.1) is 34.5 Å². The number of halogens is 1. The molecule has 3 aliphatic rings. The third-order valence-electron chi connectivity index (χ3n) is 10.1. The number of ketones is 2. The fourth-order valence-corrected chi connectivity index (χ4v) is 8.87. The Morgan fingerprint density at radius 3 is 2.41 bits per heavy atom. The standard InChI is InChI=1S/C30H42ClNO7/c1-6-7-8-16(31)11-15-9-10-18(33)19-17(15)12-28(4)13-29(5)21(14(2)3)24(35)20(27(32)38)25(36)30(29,39)26(37)22(28)23(19)34/h9-10,14,16,20-22,24,26,33,35,37,39H,6-8,11-13H2,1-5H3,(H2,32,38)/t16?,20-,21+,22-,24?,26?,28-,29-,30+/m1/s1. The Balaban J connectivity index is 1.88. The molecule has 0 aromatic heterocycles. The van der Waals surface area contributed by atoms with E-state index in [-0.39, 0.29) is 29.0 Å². The Morgan fingerprint density at radius 1 is 1.21 bits per heavy atom. The average molecular weight is 564 g/mol. The number of fused-ring (bicyclic) bond motifs is 3. The summed E-state index contributed by atoms with van der Waals surface area (Å²) in [5.74, 6) is -6.94. The van der Waals surface area contributed by atoms with E-state index in [0.717, 1.165) is 24.8 Å². The Hall–Kier alpha value is -2.00. The number of benzene rings is 1. The fourth-order valence-electron chi connectivity index (χ4n) is 8.55. The third kappa shape index (κ3) is 4.25. The highest BCUT2D eigenvalue weighted by molar-refractivity contribution is 6.20. The summed E-state index contributed by atoms with van der Waals surface area (Å²) in [5, 5.41) is 45.8. The van der Waals surface area contributed by atoms with Crippen LogP contribution in [0.25, 0.3) is 0 Å². The number of aliphatic hydroxyl groups excluding tert-OH is 2. The van der Waals surface area contributed by atoms with Crippen LogP contribution in [0.4, 0.5) is 0 Å². The number of unbranched alkanes of at least 4 members (excludes halogenated alkanes) is 1. The molecule has 1 aromatic rings. The van der Waals surface area contributed by atoms with Gasteiger partial charge in [0.25, 0.3) is 0 Å². The highest BCUT2D eigenvalue weighted by Crippen LogP contribution is 2.65. The first-order valence-corrected chi connectivity index (χ1v) is 14.4. The van der Waals surface area contributed by atoms with Crippen LogP contribution in [0.5, 0.6) is 5.75 Å². The summed E-state index contributed by atoms with van der Waals surface area (Å²) in [7, 11) is 0. The van der Waals surface area contributed by atoms with Crippen molar-refractivity contribution in [3.05, 3.63) is 28.8 Å². The fraction of sp³-hybridized carbons (Fsp3) is 0.700. The van der Waals surface area contributed by atoms with Gasteiger partial charge >= 0.3 is 0 Å². The number of carbonyl (C=O) groups excluding carboxylic acids is 3. The van der Waals surface area contributed by atoms with Gasteiger partial charge in [0.1, 0.15) is 17.8 Å². The lowest BCUT2D eigenvalue weighted by atomic mass is 9.39. The van der Waals surface area contributed by atoms with Crippen molar-refractivity contribution in [3.63, 3.8) is 0 Å². The highest BCUT2D eigenvalue weighted by Gasteiger charge is 2.75. The molecule has 3 unspecified atom stereocenters. The highest BCUT2D eigenvalue weighted by atomic mass is 35.5. The number of hydrogen-bond acceptors (Lipinski definition) is 7. The van der Waals surface area contributed by atoms with Gasteiger partial charge in [-0.25, -0.2) is 0 Å². The number of carbonyl (C=O) groups is 3. The van der Waals surface area contributed by atoms with Crippen molar-refractivity contribution < 1.29 is 34.8 Å². The molecule has 0 aliphatic heterocycles. The second-order valence-electron chi connectivity index (χ2n) is 13.0. The molecular formula is C30H42ClNO7. The molecule has 1 aromatic carbocycles. The number of rotatable bonds is 7. The van der Waals surface area contributed by atoms with E-state index in [0.29, 0.717) is 18.4 Å². The molecule has 4 rings (SSSR count). The number of amides is 1. The summed E-state index contributed by atoms with van der Waals surface area (Å²) in [6, 6.07) is 3.23. The van der Waals surface area contributed by atoms with Crippen LogP contribution in [0.2, 0.25) is 0 Å².